The number of β-amino-alcohol motifs (C(OH)–C–C–N with tert-alkyl or cyclic N) is 1. The van der Waals surface area contributed by atoms with Gasteiger partial charge in [-0.25, -0.2) is 0 Å². The highest BCUT2D eigenvalue weighted by Crippen LogP contribution is 2.68. The van der Waals surface area contributed by atoms with Crippen LogP contribution in [0.5, 0.6) is 0 Å². The molecule has 2 bridgehead atoms. The standard InChI is InChI=1S/C28H35BrN2O5S/c1-3-5-6-10-16-36-27(35)21-22-25(33)31(14-15-32)24(28(22)17-20(29)23(21)37-28)26(34)30(13-4-2)18-19-11-8-7-9-12-19/h3-4,7-9,11-12,20-24,32H,1-2,5-6,10,13-18H2/t20?,21-,22+,23-,24?,28?/m1/s1. The highest BCUT2D eigenvalue weighted by molar-refractivity contribution is 9.09. The Kier molecular flexibility index (Phi) is 9.19. The lowest BCUT2D eigenvalue weighted by atomic mass is 9.71. The number of fused-ring (bicyclic) bond motifs is 1. The number of amides is 2. The average molecular weight is 592 g/mol. The van der Waals surface area contributed by atoms with Crippen LogP contribution in [0.25, 0.3) is 0 Å². The molecule has 0 aromatic heterocycles. The Labute approximate surface area is 231 Å². The number of benzene rings is 1. The molecule has 4 rings (SSSR count). The molecule has 3 heterocycles. The molecule has 3 fully saturated rings. The maximum absolute atomic E-state index is 14.2. The molecule has 6 atom stereocenters. The Bertz CT molecular complexity index is 1020. The number of ether oxygens (including phenoxy) is 1. The number of alkyl halides is 1. The zero-order valence-electron chi connectivity index (χ0n) is 21.0. The Balaban J connectivity index is 1.62. The van der Waals surface area contributed by atoms with Gasteiger partial charge in [0.2, 0.25) is 11.8 Å². The van der Waals surface area contributed by atoms with Gasteiger partial charge in [-0.3, -0.25) is 14.4 Å². The molecule has 0 radical (unpaired) electrons. The summed E-state index contributed by atoms with van der Waals surface area (Å²) >= 11 is 5.33. The second-order valence-corrected chi connectivity index (χ2v) is 12.6. The minimum Gasteiger partial charge on any atom is -0.465 e. The van der Waals surface area contributed by atoms with Gasteiger partial charge in [-0.2, -0.15) is 0 Å². The quantitative estimate of drug-likeness (QED) is 0.164. The number of halogens is 1. The van der Waals surface area contributed by atoms with Crippen LogP contribution >= 0.6 is 27.7 Å². The summed E-state index contributed by atoms with van der Waals surface area (Å²) in [6, 6.07) is 8.92. The molecule has 1 aromatic carbocycles. The van der Waals surface area contributed by atoms with Gasteiger partial charge in [-0.05, 0) is 31.2 Å². The number of thioether (sulfide) groups is 1. The van der Waals surface area contributed by atoms with Crippen LogP contribution in [0.4, 0.5) is 0 Å². The second kappa shape index (κ2) is 12.2. The zero-order valence-corrected chi connectivity index (χ0v) is 23.4. The van der Waals surface area contributed by atoms with E-state index in [0.29, 0.717) is 26.1 Å². The van der Waals surface area contributed by atoms with Gasteiger partial charge < -0.3 is 19.6 Å². The topological polar surface area (TPSA) is 87.2 Å². The van der Waals surface area contributed by atoms with Gasteiger partial charge in [-0.1, -0.05) is 58.4 Å². The fourth-order valence-corrected chi connectivity index (χ4v) is 9.65. The van der Waals surface area contributed by atoms with Crippen LogP contribution in [0.1, 0.15) is 31.2 Å². The highest BCUT2D eigenvalue weighted by atomic mass is 79.9. The fraction of sp³-hybridized carbons (Fsp3) is 0.536. The number of likely N-dealkylation sites (tertiary alicyclic amines) is 1. The molecule has 1 aromatic rings. The van der Waals surface area contributed by atoms with Gasteiger partial charge in [0.1, 0.15) is 6.04 Å². The van der Waals surface area contributed by atoms with Crippen molar-refractivity contribution in [2.24, 2.45) is 11.8 Å². The van der Waals surface area contributed by atoms with Crippen LogP contribution in [0.2, 0.25) is 0 Å². The van der Waals surface area contributed by atoms with Gasteiger partial charge in [0.05, 0.1) is 29.8 Å². The monoisotopic (exact) mass is 590 g/mol. The molecular formula is C28H35BrN2O5S. The summed E-state index contributed by atoms with van der Waals surface area (Å²) in [6.45, 7) is 8.34. The van der Waals surface area contributed by atoms with E-state index in [1.807, 2.05) is 36.4 Å². The Morgan fingerprint density at radius 2 is 2.00 bits per heavy atom. The van der Waals surface area contributed by atoms with Crippen molar-refractivity contribution in [2.45, 2.75) is 53.1 Å². The highest BCUT2D eigenvalue weighted by Gasteiger charge is 2.76. The van der Waals surface area contributed by atoms with Gasteiger partial charge in [-0.15, -0.1) is 24.9 Å². The first-order valence-electron chi connectivity index (χ1n) is 12.8. The van der Waals surface area contributed by atoms with Crippen LogP contribution in [0.3, 0.4) is 0 Å². The first-order chi connectivity index (χ1) is 17.9. The number of hydrogen-bond donors (Lipinski definition) is 1. The normalized spacial score (nSPS) is 29.7. The summed E-state index contributed by atoms with van der Waals surface area (Å²) in [7, 11) is 0. The van der Waals surface area contributed by atoms with E-state index < -0.39 is 22.6 Å². The number of allylic oxidation sites excluding steroid dienone is 1. The molecule has 1 N–H and O–H groups in total. The third-order valence-corrected chi connectivity index (χ3v) is 10.8. The van der Waals surface area contributed by atoms with Crippen LogP contribution in [0, 0.1) is 11.8 Å². The summed E-state index contributed by atoms with van der Waals surface area (Å²) in [5, 5.41) is 9.67. The number of esters is 1. The van der Waals surface area contributed by atoms with E-state index in [-0.39, 0.29) is 41.0 Å². The number of carbonyl (C=O) groups is 3. The molecule has 2 amide bonds. The van der Waals surface area contributed by atoms with E-state index in [1.165, 1.54) is 4.90 Å². The van der Waals surface area contributed by atoms with E-state index in [1.54, 1.807) is 22.7 Å². The number of hydrogen-bond acceptors (Lipinski definition) is 6. The van der Waals surface area contributed by atoms with Crippen molar-refractivity contribution in [1.82, 2.24) is 9.80 Å². The SMILES string of the molecule is C=CCCCCOC(=O)[C@H]1[C@@H]2SC3(CC2Br)C(C(=O)N(CC=C)Cc2ccccc2)N(CCO)C(=O)[C@H]13. The van der Waals surface area contributed by atoms with Crippen molar-refractivity contribution in [3.8, 4) is 0 Å². The third-order valence-electron chi connectivity index (χ3n) is 7.56. The lowest BCUT2D eigenvalue weighted by Gasteiger charge is -2.37. The molecule has 9 heteroatoms. The molecule has 7 nitrogen and oxygen atoms in total. The van der Waals surface area contributed by atoms with Crippen molar-refractivity contribution in [3.05, 3.63) is 61.2 Å². The summed E-state index contributed by atoms with van der Waals surface area (Å²) < 4.78 is 4.89. The van der Waals surface area contributed by atoms with Gasteiger partial charge in [0.25, 0.3) is 0 Å². The van der Waals surface area contributed by atoms with Crippen molar-refractivity contribution in [1.29, 1.82) is 0 Å². The molecule has 3 saturated heterocycles. The van der Waals surface area contributed by atoms with Crippen molar-refractivity contribution in [3.63, 3.8) is 0 Å². The zero-order chi connectivity index (χ0) is 26.6. The largest absolute Gasteiger partial charge is 0.465 e. The summed E-state index contributed by atoms with van der Waals surface area (Å²) in [6.07, 6.45) is 6.59. The molecular weight excluding hydrogens is 556 g/mol. The minimum absolute atomic E-state index is 0.0220. The first kappa shape index (κ1) is 27.9. The Morgan fingerprint density at radius 3 is 2.68 bits per heavy atom. The van der Waals surface area contributed by atoms with Gasteiger partial charge >= 0.3 is 5.97 Å². The number of rotatable bonds is 13. The number of carbonyl (C=O) groups excluding carboxylic acids is 3. The van der Waals surface area contributed by atoms with E-state index >= 15 is 0 Å². The predicted molar refractivity (Wildman–Crippen MR) is 148 cm³/mol. The molecule has 3 aliphatic rings. The minimum atomic E-state index is -0.777. The first-order valence-corrected chi connectivity index (χ1v) is 14.6. The lowest BCUT2D eigenvalue weighted by Crippen LogP contribution is -2.55. The molecule has 1 spiro atoms. The molecule has 200 valence electrons. The number of unbranched alkanes of at least 4 members (excludes halogenated alkanes) is 2. The van der Waals surface area contributed by atoms with E-state index in [9.17, 15) is 19.5 Å². The summed E-state index contributed by atoms with van der Waals surface area (Å²) in [4.78, 5) is 44.5. The van der Waals surface area contributed by atoms with E-state index in [4.69, 9.17) is 4.74 Å². The predicted octanol–water partition coefficient (Wildman–Crippen LogP) is 3.56. The molecule has 3 aliphatic heterocycles. The molecule has 37 heavy (non-hydrogen) atoms. The summed E-state index contributed by atoms with van der Waals surface area (Å²) in [5.41, 5.74) is 0.976. The van der Waals surface area contributed by atoms with Crippen molar-refractivity contribution < 1.29 is 24.2 Å². The number of aliphatic hydroxyl groups excluding tert-OH is 1. The maximum Gasteiger partial charge on any atom is 0.310 e. The van der Waals surface area contributed by atoms with Crippen molar-refractivity contribution in [2.75, 3.05) is 26.3 Å². The Morgan fingerprint density at radius 1 is 1.24 bits per heavy atom. The van der Waals surface area contributed by atoms with E-state index in [2.05, 4.69) is 29.1 Å². The fourth-order valence-electron chi connectivity index (χ4n) is 6.05. The third kappa shape index (κ3) is 5.27. The van der Waals surface area contributed by atoms with Gasteiger partial charge in [0, 0.05) is 29.7 Å². The summed E-state index contributed by atoms with van der Waals surface area (Å²) in [5.74, 6) is -2.08. The van der Waals surface area contributed by atoms with Crippen LogP contribution in [-0.4, -0.2) is 79.9 Å². The molecule has 3 unspecified atom stereocenters. The van der Waals surface area contributed by atoms with Crippen LogP contribution < -0.4 is 0 Å². The molecule has 0 saturated carbocycles. The van der Waals surface area contributed by atoms with Crippen molar-refractivity contribution >= 4 is 45.5 Å². The second-order valence-electron chi connectivity index (χ2n) is 9.86. The van der Waals surface area contributed by atoms with Gasteiger partial charge in [0.15, 0.2) is 0 Å². The smallest absolute Gasteiger partial charge is 0.310 e. The van der Waals surface area contributed by atoms with Crippen LogP contribution in [0.15, 0.2) is 55.6 Å². The lowest BCUT2D eigenvalue weighted by molar-refractivity contribution is -0.154. The Hall–Kier alpha value is -2.10. The molecule has 0 aliphatic carbocycles. The number of aliphatic hydroxyl groups is 1. The van der Waals surface area contributed by atoms with Crippen LogP contribution in [-0.2, 0) is 25.7 Å². The maximum atomic E-state index is 14.2. The average Bonchev–Trinajstić information content (AvgIpc) is 3.48. The number of nitrogens with zero attached hydrogens (tertiary/aromatic N) is 2. The van der Waals surface area contributed by atoms with E-state index in [0.717, 1.165) is 24.8 Å².